The third kappa shape index (κ3) is 2.95. The summed E-state index contributed by atoms with van der Waals surface area (Å²) >= 11 is 0.957. The van der Waals surface area contributed by atoms with Gasteiger partial charge in [-0.2, -0.15) is 8.75 Å². The first kappa shape index (κ1) is 16.3. The Morgan fingerprint density at radius 3 is 2.71 bits per heavy atom. The lowest BCUT2D eigenvalue weighted by Gasteiger charge is -2.11. The molecule has 0 bridgehead atoms. The van der Waals surface area contributed by atoms with E-state index in [2.05, 4.69) is 18.2 Å². The zero-order chi connectivity index (χ0) is 17.3. The molecular weight excluding hydrogens is 350 g/mol. The Morgan fingerprint density at radius 2 is 2.00 bits per heavy atom. The molecule has 24 heavy (non-hydrogen) atoms. The Hall–Kier alpha value is -2.52. The Morgan fingerprint density at radius 1 is 1.21 bits per heavy atom. The number of nitrogens with one attached hydrogen (secondary N) is 1. The van der Waals surface area contributed by atoms with Gasteiger partial charge in [-0.1, -0.05) is 6.07 Å². The SMILES string of the molecule is COC(=O)c1ccc(NS(=O)(=O)c2cccc3nsnc23)c(C)c1. The van der Waals surface area contributed by atoms with Gasteiger partial charge in [-0.15, -0.1) is 0 Å². The normalized spacial score (nSPS) is 11.4. The average Bonchev–Trinajstić information content (AvgIpc) is 3.04. The lowest BCUT2D eigenvalue weighted by Crippen LogP contribution is -2.14. The third-order valence-electron chi connectivity index (χ3n) is 3.43. The first-order chi connectivity index (χ1) is 11.4. The largest absolute Gasteiger partial charge is 0.465 e. The Bertz CT molecular complexity index is 1030. The molecule has 124 valence electrons. The summed E-state index contributed by atoms with van der Waals surface area (Å²) in [7, 11) is -2.54. The summed E-state index contributed by atoms with van der Waals surface area (Å²) in [5.41, 5.74) is 2.19. The van der Waals surface area contributed by atoms with Crippen LogP contribution in [0.2, 0.25) is 0 Å². The highest BCUT2D eigenvalue weighted by atomic mass is 32.2. The molecule has 1 aromatic heterocycles. The van der Waals surface area contributed by atoms with E-state index in [4.69, 9.17) is 0 Å². The van der Waals surface area contributed by atoms with Crippen molar-refractivity contribution < 1.29 is 17.9 Å². The van der Waals surface area contributed by atoms with Gasteiger partial charge in [0.05, 0.1) is 30.1 Å². The smallest absolute Gasteiger partial charge is 0.337 e. The molecule has 0 spiro atoms. The van der Waals surface area contributed by atoms with Gasteiger partial charge in [-0.25, -0.2) is 13.2 Å². The molecule has 3 rings (SSSR count). The third-order valence-corrected chi connectivity index (χ3v) is 5.37. The minimum absolute atomic E-state index is 0.0604. The Balaban J connectivity index is 1.98. The van der Waals surface area contributed by atoms with Crippen LogP contribution in [-0.2, 0) is 14.8 Å². The number of aromatic nitrogens is 2. The van der Waals surface area contributed by atoms with Crippen molar-refractivity contribution in [2.45, 2.75) is 11.8 Å². The van der Waals surface area contributed by atoms with Crippen LogP contribution in [0.5, 0.6) is 0 Å². The van der Waals surface area contributed by atoms with Crippen LogP contribution in [0.4, 0.5) is 5.69 Å². The van der Waals surface area contributed by atoms with Crippen molar-refractivity contribution >= 4 is 44.4 Å². The Labute approximate surface area is 142 Å². The molecule has 1 heterocycles. The van der Waals surface area contributed by atoms with E-state index in [1.807, 2.05) is 0 Å². The van der Waals surface area contributed by atoms with E-state index in [9.17, 15) is 13.2 Å². The maximum atomic E-state index is 12.7. The van der Waals surface area contributed by atoms with E-state index < -0.39 is 16.0 Å². The fraction of sp³-hybridized carbons (Fsp3) is 0.133. The lowest BCUT2D eigenvalue weighted by molar-refractivity contribution is 0.0600. The molecule has 0 aliphatic carbocycles. The van der Waals surface area contributed by atoms with Crippen molar-refractivity contribution in [1.29, 1.82) is 0 Å². The van der Waals surface area contributed by atoms with Crippen molar-refractivity contribution in [2.75, 3.05) is 11.8 Å². The summed E-state index contributed by atoms with van der Waals surface area (Å²) in [5, 5.41) is 0. The van der Waals surface area contributed by atoms with Gasteiger partial charge in [0, 0.05) is 0 Å². The number of aryl methyl sites for hydroxylation is 1. The van der Waals surface area contributed by atoms with Crippen LogP contribution in [0.1, 0.15) is 15.9 Å². The second-order valence-corrected chi connectivity index (χ2v) is 7.19. The number of hydrogen-bond acceptors (Lipinski definition) is 7. The second kappa shape index (κ2) is 6.17. The molecular formula is C15H13N3O4S2. The van der Waals surface area contributed by atoms with Crippen molar-refractivity contribution in [3.05, 3.63) is 47.5 Å². The molecule has 0 atom stereocenters. The van der Waals surface area contributed by atoms with Crippen LogP contribution in [0.15, 0.2) is 41.3 Å². The van der Waals surface area contributed by atoms with Crippen LogP contribution in [0.3, 0.4) is 0 Å². The van der Waals surface area contributed by atoms with Crippen LogP contribution >= 0.6 is 11.7 Å². The van der Waals surface area contributed by atoms with Crippen LogP contribution in [-0.4, -0.2) is 30.2 Å². The zero-order valence-corrected chi connectivity index (χ0v) is 14.4. The number of anilines is 1. The molecule has 0 saturated heterocycles. The minimum Gasteiger partial charge on any atom is -0.465 e. The van der Waals surface area contributed by atoms with E-state index in [1.165, 1.54) is 25.3 Å². The topological polar surface area (TPSA) is 98.2 Å². The van der Waals surface area contributed by atoms with Crippen LogP contribution in [0.25, 0.3) is 11.0 Å². The number of fused-ring (bicyclic) bond motifs is 1. The standard InChI is InChI=1S/C15H13N3O4S2/c1-9-8-10(15(19)22-2)6-7-11(9)18-24(20,21)13-5-3-4-12-14(13)17-23-16-12/h3-8,18H,1-2H3. The van der Waals surface area contributed by atoms with E-state index in [1.54, 1.807) is 25.1 Å². The minimum atomic E-state index is -3.83. The summed E-state index contributed by atoms with van der Waals surface area (Å²) in [6.45, 7) is 1.70. The van der Waals surface area contributed by atoms with Gasteiger partial charge in [0.15, 0.2) is 0 Å². The number of rotatable bonds is 4. The summed E-state index contributed by atoms with van der Waals surface area (Å²) in [4.78, 5) is 11.6. The highest BCUT2D eigenvalue weighted by Crippen LogP contribution is 2.25. The number of carbonyl (C=O) groups is 1. The number of sulfonamides is 1. The lowest BCUT2D eigenvalue weighted by atomic mass is 10.1. The molecule has 0 unspecified atom stereocenters. The molecule has 7 nitrogen and oxygen atoms in total. The van der Waals surface area contributed by atoms with Gasteiger partial charge in [0.25, 0.3) is 10.0 Å². The monoisotopic (exact) mass is 363 g/mol. The van der Waals surface area contributed by atoms with Crippen molar-refractivity contribution in [3.8, 4) is 0 Å². The van der Waals surface area contributed by atoms with Crippen LogP contribution in [0, 0.1) is 6.92 Å². The molecule has 1 N–H and O–H groups in total. The van der Waals surface area contributed by atoms with Gasteiger partial charge in [-0.05, 0) is 42.8 Å². The number of benzene rings is 2. The van der Waals surface area contributed by atoms with Gasteiger partial charge in [0.1, 0.15) is 15.9 Å². The van der Waals surface area contributed by atoms with Gasteiger partial charge < -0.3 is 4.74 Å². The number of nitrogens with zero attached hydrogens (tertiary/aromatic N) is 2. The van der Waals surface area contributed by atoms with E-state index in [0.717, 1.165) is 11.7 Å². The number of carbonyl (C=O) groups excluding carboxylic acids is 1. The fourth-order valence-electron chi connectivity index (χ4n) is 2.22. The molecule has 9 heteroatoms. The molecule has 0 fully saturated rings. The van der Waals surface area contributed by atoms with Crippen molar-refractivity contribution in [2.24, 2.45) is 0 Å². The summed E-state index contributed by atoms with van der Waals surface area (Å²) in [6, 6.07) is 9.39. The molecule has 0 saturated carbocycles. The Kier molecular flexibility index (Phi) is 4.20. The summed E-state index contributed by atoms with van der Waals surface area (Å²) in [5.74, 6) is -0.481. The molecule has 0 amide bonds. The number of hydrogen-bond donors (Lipinski definition) is 1. The van der Waals surface area contributed by atoms with Gasteiger partial charge in [0.2, 0.25) is 0 Å². The van der Waals surface area contributed by atoms with Gasteiger partial charge in [-0.3, -0.25) is 4.72 Å². The summed E-state index contributed by atoms with van der Waals surface area (Å²) in [6.07, 6.45) is 0. The van der Waals surface area contributed by atoms with Crippen molar-refractivity contribution in [1.82, 2.24) is 8.75 Å². The maximum absolute atomic E-state index is 12.7. The molecule has 0 radical (unpaired) electrons. The van der Waals surface area contributed by atoms with E-state index in [0.29, 0.717) is 27.8 Å². The molecule has 2 aromatic carbocycles. The zero-order valence-electron chi connectivity index (χ0n) is 12.8. The maximum Gasteiger partial charge on any atom is 0.337 e. The number of ether oxygens (including phenoxy) is 1. The van der Waals surface area contributed by atoms with Gasteiger partial charge >= 0.3 is 5.97 Å². The van der Waals surface area contributed by atoms with Crippen molar-refractivity contribution in [3.63, 3.8) is 0 Å². The summed E-state index contributed by atoms with van der Waals surface area (Å²) < 4.78 is 40.6. The first-order valence-corrected chi connectivity index (χ1v) is 9.07. The average molecular weight is 363 g/mol. The van der Waals surface area contributed by atoms with E-state index >= 15 is 0 Å². The predicted octanol–water partition coefficient (Wildman–Crippen LogP) is 2.59. The molecule has 0 aliphatic heterocycles. The first-order valence-electron chi connectivity index (χ1n) is 6.85. The predicted molar refractivity (Wildman–Crippen MR) is 90.7 cm³/mol. The van der Waals surface area contributed by atoms with E-state index in [-0.39, 0.29) is 4.90 Å². The fourth-order valence-corrected chi connectivity index (χ4v) is 4.12. The highest BCUT2D eigenvalue weighted by molar-refractivity contribution is 7.93. The molecule has 3 aromatic rings. The quantitative estimate of drug-likeness (QED) is 0.716. The highest BCUT2D eigenvalue weighted by Gasteiger charge is 2.20. The number of methoxy groups -OCH3 is 1. The molecule has 0 aliphatic rings. The second-order valence-electron chi connectivity index (χ2n) is 5.01. The van der Waals surface area contributed by atoms with Crippen LogP contribution < -0.4 is 4.72 Å². The number of esters is 1.